The molecule has 0 amide bonds. The number of hydrogen-bond donors (Lipinski definition) is 0. The number of carbonyl (C=O) groups is 4. The highest BCUT2D eigenvalue weighted by atomic mass is 17.2. The molecule has 6 heteroatoms. The van der Waals surface area contributed by atoms with Crippen molar-refractivity contribution in [2.24, 2.45) is 0 Å². The average molecular weight is 479 g/mol. The minimum atomic E-state index is -0.935. The summed E-state index contributed by atoms with van der Waals surface area (Å²) in [4.78, 5) is 60.1. The van der Waals surface area contributed by atoms with E-state index in [-0.39, 0.29) is 22.7 Å². The van der Waals surface area contributed by atoms with Crippen molar-refractivity contribution in [1.82, 2.24) is 0 Å². The Bertz CT molecular complexity index is 1370. The van der Waals surface area contributed by atoms with Crippen molar-refractivity contribution in [3.63, 3.8) is 0 Å². The zero-order valence-electron chi connectivity index (χ0n) is 19.7. The number of carbonyl (C=O) groups excluding carboxylic acids is 4. The molecule has 6 nitrogen and oxygen atoms in total. The Balaban J connectivity index is 1.44. The van der Waals surface area contributed by atoms with Crippen molar-refractivity contribution in [2.75, 3.05) is 0 Å². The molecule has 0 fully saturated rings. The second-order valence-electron chi connectivity index (χ2n) is 8.19. The van der Waals surface area contributed by atoms with Gasteiger partial charge in [0.25, 0.3) is 0 Å². The third-order valence-electron chi connectivity index (χ3n) is 5.69. The van der Waals surface area contributed by atoms with Crippen LogP contribution in [-0.4, -0.2) is 23.5 Å². The predicted molar refractivity (Wildman–Crippen MR) is 133 cm³/mol. The molecular weight excluding hydrogens is 456 g/mol. The summed E-state index contributed by atoms with van der Waals surface area (Å²) in [5, 5.41) is 0. The molecule has 0 unspecified atom stereocenters. The van der Waals surface area contributed by atoms with Gasteiger partial charge >= 0.3 is 11.9 Å². The summed E-state index contributed by atoms with van der Waals surface area (Å²) < 4.78 is 0. The Hall–Kier alpha value is -4.84. The highest BCUT2D eigenvalue weighted by Crippen LogP contribution is 2.18. The van der Waals surface area contributed by atoms with E-state index in [4.69, 9.17) is 9.78 Å². The van der Waals surface area contributed by atoms with Gasteiger partial charge in [0.2, 0.25) is 0 Å². The first-order valence-corrected chi connectivity index (χ1v) is 11.2. The first-order valence-electron chi connectivity index (χ1n) is 11.2. The van der Waals surface area contributed by atoms with Crippen LogP contribution in [0.3, 0.4) is 0 Å². The fraction of sp³-hybridized carbons (Fsp3) is 0.0667. The largest absolute Gasteiger partial charge is 0.386 e. The van der Waals surface area contributed by atoms with E-state index < -0.39 is 11.9 Å². The number of benzene rings is 4. The lowest BCUT2D eigenvalue weighted by Crippen LogP contribution is -2.13. The summed E-state index contributed by atoms with van der Waals surface area (Å²) >= 11 is 0. The number of hydrogen-bond acceptors (Lipinski definition) is 6. The van der Waals surface area contributed by atoms with Gasteiger partial charge in [-0.1, -0.05) is 72.8 Å². The molecule has 0 saturated carbocycles. The van der Waals surface area contributed by atoms with E-state index >= 15 is 0 Å². The third-order valence-corrected chi connectivity index (χ3v) is 5.69. The molecular formula is C30H22O6. The third kappa shape index (κ3) is 5.28. The summed E-state index contributed by atoms with van der Waals surface area (Å²) in [7, 11) is 0. The minimum absolute atomic E-state index is 0.0470. The van der Waals surface area contributed by atoms with Crippen LogP contribution >= 0.6 is 0 Å². The standard InChI is InChI=1S/C30H22O6/c1-19-9-3-5-15-25(19)27(31)21-11-7-13-23(17-21)29(33)35-36-30(34)24-14-8-12-22(18-24)28(32)26-16-6-4-10-20(26)2/h3-18H,1-2H3. The second kappa shape index (κ2) is 10.6. The highest BCUT2D eigenvalue weighted by molar-refractivity contribution is 6.11. The van der Waals surface area contributed by atoms with Gasteiger partial charge in [0.15, 0.2) is 11.6 Å². The molecule has 0 aliphatic carbocycles. The van der Waals surface area contributed by atoms with Crippen LogP contribution < -0.4 is 0 Å². The summed E-state index contributed by atoms with van der Waals surface area (Å²) in [6, 6.07) is 26.2. The van der Waals surface area contributed by atoms with Crippen LogP contribution in [0.1, 0.15) is 63.7 Å². The maximum Gasteiger partial charge on any atom is 0.386 e. The van der Waals surface area contributed by atoms with Gasteiger partial charge in [-0.3, -0.25) is 9.59 Å². The van der Waals surface area contributed by atoms with E-state index in [1.165, 1.54) is 24.3 Å². The summed E-state index contributed by atoms with van der Waals surface area (Å²) in [6.07, 6.45) is 0. The van der Waals surface area contributed by atoms with Gasteiger partial charge in [-0.15, -0.1) is 0 Å². The Morgan fingerprint density at radius 3 is 1.22 bits per heavy atom. The number of rotatable bonds is 6. The fourth-order valence-electron chi connectivity index (χ4n) is 3.71. The SMILES string of the molecule is Cc1ccccc1C(=O)c1cccc(C(=O)OOC(=O)c2cccc(C(=O)c3ccccc3C)c2)c1. The maximum absolute atomic E-state index is 12.8. The van der Waals surface area contributed by atoms with E-state index in [1.807, 2.05) is 38.1 Å². The summed E-state index contributed by atoms with van der Waals surface area (Å²) in [5.74, 6) is -2.35. The molecule has 0 N–H and O–H groups in total. The lowest BCUT2D eigenvalue weighted by atomic mass is 9.98. The van der Waals surface area contributed by atoms with Crippen LogP contribution in [0.2, 0.25) is 0 Å². The van der Waals surface area contributed by atoms with E-state index in [1.54, 1.807) is 48.5 Å². The molecule has 0 atom stereocenters. The van der Waals surface area contributed by atoms with E-state index in [9.17, 15) is 19.2 Å². The molecule has 4 rings (SSSR count). The highest BCUT2D eigenvalue weighted by Gasteiger charge is 2.19. The van der Waals surface area contributed by atoms with Gasteiger partial charge in [-0.2, -0.15) is 0 Å². The van der Waals surface area contributed by atoms with Crippen molar-refractivity contribution in [3.05, 3.63) is 142 Å². The minimum Gasteiger partial charge on any atom is -0.289 e. The molecule has 36 heavy (non-hydrogen) atoms. The van der Waals surface area contributed by atoms with Crippen molar-refractivity contribution >= 4 is 23.5 Å². The van der Waals surface area contributed by atoms with Crippen LogP contribution in [0.4, 0.5) is 0 Å². The van der Waals surface area contributed by atoms with Crippen molar-refractivity contribution < 1.29 is 29.0 Å². The Morgan fingerprint density at radius 1 is 0.472 bits per heavy atom. The van der Waals surface area contributed by atoms with Crippen LogP contribution in [0, 0.1) is 13.8 Å². The molecule has 0 radical (unpaired) electrons. The molecule has 0 saturated heterocycles. The van der Waals surface area contributed by atoms with Gasteiger partial charge < -0.3 is 0 Å². The van der Waals surface area contributed by atoms with Crippen LogP contribution in [0.15, 0.2) is 97.1 Å². The maximum atomic E-state index is 12.8. The molecule has 0 spiro atoms. The first kappa shape index (κ1) is 24.3. The molecule has 0 aliphatic rings. The smallest absolute Gasteiger partial charge is 0.289 e. The zero-order valence-corrected chi connectivity index (χ0v) is 19.7. The molecule has 4 aromatic rings. The topological polar surface area (TPSA) is 86.7 Å². The lowest BCUT2D eigenvalue weighted by Gasteiger charge is -2.08. The lowest BCUT2D eigenvalue weighted by molar-refractivity contribution is -0.187. The van der Waals surface area contributed by atoms with Crippen molar-refractivity contribution in [2.45, 2.75) is 13.8 Å². The monoisotopic (exact) mass is 478 g/mol. The van der Waals surface area contributed by atoms with Crippen molar-refractivity contribution in [1.29, 1.82) is 0 Å². The first-order chi connectivity index (χ1) is 17.3. The van der Waals surface area contributed by atoms with E-state index in [0.29, 0.717) is 22.3 Å². The molecule has 4 aromatic carbocycles. The average Bonchev–Trinajstić information content (AvgIpc) is 2.91. The van der Waals surface area contributed by atoms with Gasteiger partial charge in [0.1, 0.15) is 0 Å². The normalized spacial score (nSPS) is 10.4. The second-order valence-corrected chi connectivity index (χ2v) is 8.19. The van der Waals surface area contributed by atoms with Crippen LogP contribution in [-0.2, 0) is 9.78 Å². The summed E-state index contributed by atoms with van der Waals surface area (Å²) in [5.41, 5.74) is 3.36. The Labute approximate surface area is 208 Å². The van der Waals surface area contributed by atoms with Crippen LogP contribution in [0.25, 0.3) is 0 Å². The molecule has 0 aromatic heterocycles. The van der Waals surface area contributed by atoms with Gasteiger partial charge in [-0.05, 0) is 49.2 Å². The Morgan fingerprint density at radius 2 is 0.833 bits per heavy atom. The van der Waals surface area contributed by atoms with Crippen molar-refractivity contribution in [3.8, 4) is 0 Å². The number of aryl methyl sites for hydroxylation is 2. The van der Waals surface area contributed by atoms with Gasteiger partial charge in [-0.25, -0.2) is 19.4 Å². The fourth-order valence-corrected chi connectivity index (χ4v) is 3.71. The quantitative estimate of drug-likeness (QED) is 0.201. The molecule has 178 valence electrons. The summed E-state index contributed by atoms with van der Waals surface area (Å²) in [6.45, 7) is 3.66. The van der Waals surface area contributed by atoms with Crippen LogP contribution in [0.5, 0.6) is 0 Å². The van der Waals surface area contributed by atoms with E-state index in [2.05, 4.69) is 0 Å². The predicted octanol–water partition coefficient (Wildman–Crippen LogP) is 5.69. The Kier molecular flexibility index (Phi) is 7.16. The van der Waals surface area contributed by atoms with Gasteiger partial charge in [0, 0.05) is 22.3 Å². The molecule has 0 heterocycles. The molecule has 0 aliphatic heterocycles. The number of ketones is 2. The zero-order chi connectivity index (χ0) is 25.7. The van der Waals surface area contributed by atoms with Gasteiger partial charge in [0.05, 0.1) is 11.1 Å². The molecule has 0 bridgehead atoms. The van der Waals surface area contributed by atoms with E-state index in [0.717, 1.165) is 11.1 Å².